The Hall–Kier alpha value is -2.51. The van der Waals surface area contributed by atoms with Gasteiger partial charge < -0.3 is 10.2 Å². The lowest BCUT2D eigenvalue weighted by Crippen LogP contribution is -2.32. The summed E-state index contributed by atoms with van der Waals surface area (Å²) in [5.41, 5.74) is 3.21. The number of amides is 1. The zero-order valence-corrected chi connectivity index (χ0v) is 12.6. The van der Waals surface area contributed by atoms with Gasteiger partial charge in [-0.25, -0.2) is 0 Å². The van der Waals surface area contributed by atoms with Crippen LogP contribution in [0, 0.1) is 11.3 Å². The van der Waals surface area contributed by atoms with E-state index in [2.05, 4.69) is 17.5 Å². The minimum Gasteiger partial charge on any atom is -0.362 e. The van der Waals surface area contributed by atoms with Crippen molar-refractivity contribution in [2.45, 2.75) is 6.42 Å². The van der Waals surface area contributed by atoms with Crippen molar-refractivity contribution in [2.24, 2.45) is 0 Å². The average molecular weight is 312 g/mol. The van der Waals surface area contributed by atoms with Crippen molar-refractivity contribution >= 4 is 28.9 Å². The molecule has 0 aliphatic carbocycles. The second kappa shape index (κ2) is 6.08. The highest BCUT2D eigenvalue weighted by molar-refractivity contribution is 6.31. The second-order valence-corrected chi connectivity index (χ2v) is 5.59. The SMILES string of the molecule is N#Cc1ccc(Cl)cc1NC(=O)CN1CCc2ccccc21. The number of benzene rings is 2. The molecule has 1 aliphatic rings. The van der Waals surface area contributed by atoms with E-state index in [1.165, 1.54) is 5.56 Å². The molecule has 1 aliphatic heterocycles. The molecule has 0 fully saturated rings. The number of nitriles is 1. The lowest BCUT2D eigenvalue weighted by Gasteiger charge is -2.19. The maximum atomic E-state index is 12.3. The lowest BCUT2D eigenvalue weighted by molar-refractivity contribution is -0.115. The van der Waals surface area contributed by atoms with Crippen molar-refractivity contribution in [2.75, 3.05) is 23.3 Å². The number of carbonyl (C=O) groups excluding carboxylic acids is 1. The first kappa shape index (κ1) is 14.4. The van der Waals surface area contributed by atoms with E-state index in [4.69, 9.17) is 16.9 Å². The van der Waals surface area contributed by atoms with Gasteiger partial charge in [0.25, 0.3) is 0 Å². The van der Waals surface area contributed by atoms with Gasteiger partial charge in [0.2, 0.25) is 5.91 Å². The summed E-state index contributed by atoms with van der Waals surface area (Å²) < 4.78 is 0. The minimum atomic E-state index is -0.157. The Morgan fingerprint density at radius 3 is 2.95 bits per heavy atom. The number of fused-ring (bicyclic) bond motifs is 1. The van der Waals surface area contributed by atoms with E-state index in [-0.39, 0.29) is 12.5 Å². The van der Waals surface area contributed by atoms with E-state index in [1.807, 2.05) is 23.1 Å². The van der Waals surface area contributed by atoms with Crippen LogP contribution in [0.15, 0.2) is 42.5 Å². The summed E-state index contributed by atoms with van der Waals surface area (Å²) in [4.78, 5) is 14.3. The summed E-state index contributed by atoms with van der Waals surface area (Å²) in [6.45, 7) is 1.09. The van der Waals surface area contributed by atoms with Crippen molar-refractivity contribution in [1.29, 1.82) is 5.26 Å². The molecular weight excluding hydrogens is 298 g/mol. The van der Waals surface area contributed by atoms with Crippen LogP contribution in [0.2, 0.25) is 5.02 Å². The van der Waals surface area contributed by atoms with Gasteiger partial charge in [0.1, 0.15) is 6.07 Å². The molecule has 0 unspecified atom stereocenters. The third-order valence-corrected chi connectivity index (χ3v) is 3.93. The second-order valence-electron chi connectivity index (χ2n) is 5.15. The van der Waals surface area contributed by atoms with E-state index in [0.717, 1.165) is 18.7 Å². The largest absolute Gasteiger partial charge is 0.362 e. The molecule has 1 heterocycles. The van der Waals surface area contributed by atoms with Crippen LogP contribution in [0.4, 0.5) is 11.4 Å². The van der Waals surface area contributed by atoms with Crippen LogP contribution in [-0.4, -0.2) is 19.0 Å². The third-order valence-electron chi connectivity index (χ3n) is 3.69. The Morgan fingerprint density at radius 2 is 2.14 bits per heavy atom. The number of nitrogens with one attached hydrogen (secondary N) is 1. The first-order valence-electron chi connectivity index (χ1n) is 7.00. The summed E-state index contributed by atoms with van der Waals surface area (Å²) >= 11 is 5.92. The Kier molecular flexibility index (Phi) is 3.99. The zero-order valence-electron chi connectivity index (χ0n) is 11.8. The topological polar surface area (TPSA) is 56.1 Å². The molecule has 0 saturated carbocycles. The van der Waals surface area contributed by atoms with Gasteiger partial charge in [-0.05, 0) is 36.2 Å². The summed E-state index contributed by atoms with van der Waals surface area (Å²) in [6.07, 6.45) is 0.948. The van der Waals surface area contributed by atoms with Crippen LogP contribution in [-0.2, 0) is 11.2 Å². The van der Waals surface area contributed by atoms with Gasteiger partial charge in [0.15, 0.2) is 0 Å². The number of hydrogen-bond donors (Lipinski definition) is 1. The van der Waals surface area contributed by atoms with Crippen LogP contribution < -0.4 is 10.2 Å². The van der Waals surface area contributed by atoms with Crippen molar-refractivity contribution in [1.82, 2.24) is 0 Å². The quantitative estimate of drug-likeness (QED) is 0.947. The van der Waals surface area contributed by atoms with Gasteiger partial charge in [-0.1, -0.05) is 29.8 Å². The van der Waals surface area contributed by atoms with Gasteiger partial charge in [-0.2, -0.15) is 5.26 Å². The van der Waals surface area contributed by atoms with E-state index in [1.54, 1.807) is 18.2 Å². The number of anilines is 2. The van der Waals surface area contributed by atoms with Crippen molar-refractivity contribution in [3.8, 4) is 6.07 Å². The smallest absolute Gasteiger partial charge is 0.243 e. The lowest BCUT2D eigenvalue weighted by atomic mass is 10.2. The molecular formula is C17H14ClN3O. The normalized spacial score (nSPS) is 12.6. The van der Waals surface area contributed by atoms with Gasteiger partial charge in [0.05, 0.1) is 17.8 Å². The maximum Gasteiger partial charge on any atom is 0.243 e. The van der Waals surface area contributed by atoms with Gasteiger partial charge in [-0.3, -0.25) is 4.79 Å². The number of halogens is 1. The molecule has 0 bridgehead atoms. The molecule has 3 rings (SSSR count). The molecule has 0 spiro atoms. The first-order valence-corrected chi connectivity index (χ1v) is 7.37. The Balaban J connectivity index is 1.72. The van der Waals surface area contributed by atoms with Gasteiger partial charge >= 0.3 is 0 Å². The molecule has 5 heteroatoms. The predicted molar refractivity (Wildman–Crippen MR) is 87.2 cm³/mol. The molecule has 0 aromatic heterocycles. The first-order chi connectivity index (χ1) is 10.7. The molecule has 22 heavy (non-hydrogen) atoms. The van der Waals surface area contributed by atoms with E-state index >= 15 is 0 Å². The van der Waals surface area contributed by atoms with Crippen molar-refractivity contribution in [3.05, 3.63) is 58.6 Å². The molecule has 0 atom stereocenters. The van der Waals surface area contributed by atoms with Crippen LogP contribution in [0.3, 0.4) is 0 Å². The fourth-order valence-corrected chi connectivity index (χ4v) is 2.82. The summed E-state index contributed by atoms with van der Waals surface area (Å²) in [5.74, 6) is -0.157. The Labute approximate surface area is 133 Å². The standard InChI is InChI=1S/C17H14ClN3O/c18-14-6-5-13(10-19)15(9-14)20-17(22)11-21-8-7-12-3-1-2-4-16(12)21/h1-6,9H,7-8,11H2,(H,20,22). The number of hydrogen-bond acceptors (Lipinski definition) is 3. The fraction of sp³-hybridized carbons (Fsp3) is 0.176. The number of para-hydroxylation sites is 1. The van der Waals surface area contributed by atoms with Gasteiger partial charge in [0, 0.05) is 17.3 Å². The highest BCUT2D eigenvalue weighted by Crippen LogP contribution is 2.27. The van der Waals surface area contributed by atoms with Crippen LogP contribution in [0.5, 0.6) is 0 Å². The molecule has 110 valence electrons. The molecule has 2 aromatic rings. The van der Waals surface area contributed by atoms with Crippen LogP contribution in [0.1, 0.15) is 11.1 Å². The highest BCUT2D eigenvalue weighted by atomic mass is 35.5. The van der Waals surface area contributed by atoms with E-state index < -0.39 is 0 Å². The van der Waals surface area contributed by atoms with E-state index in [9.17, 15) is 4.79 Å². The fourth-order valence-electron chi connectivity index (χ4n) is 2.65. The number of rotatable bonds is 3. The molecule has 2 aromatic carbocycles. The predicted octanol–water partition coefficient (Wildman–Crippen LogP) is 3.21. The number of nitrogens with zero attached hydrogens (tertiary/aromatic N) is 2. The molecule has 1 amide bonds. The Morgan fingerprint density at radius 1 is 1.32 bits per heavy atom. The summed E-state index contributed by atoms with van der Waals surface area (Å²) in [7, 11) is 0. The zero-order chi connectivity index (χ0) is 15.5. The van der Waals surface area contributed by atoms with E-state index in [0.29, 0.717) is 16.3 Å². The minimum absolute atomic E-state index is 0.157. The average Bonchev–Trinajstić information content (AvgIpc) is 2.91. The summed E-state index contributed by atoms with van der Waals surface area (Å²) in [5, 5.41) is 12.3. The van der Waals surface area contributed by atoms with Gasteiger partial charge in [-0.15, -0.1) is 0 Å². The molecule has 0 saturated heterocycles. The molecule has 4 nitrogen and oxygen atoms in total. The Bertz CT molecular complexity index is 767. The highest BCUT2D eigenvalue weighted by Gasteiger charge is 2.20. The van der Waals surface area contributed by atoms with Crippen LogP contribution >= 0.6 is 11.6 Å². The van der Waals surface area contributed by atoms with Crippen LogP contribution in [0.25, 0.3) is 0 Å². The summed E-state index contributed by atoms with van der Waals surface area (Å²) in [6, 6.07) is 15.0. The maximum absolute atomic E-state index is 12.3. The van der Waals surface area contributed by atoms with Crippen molar-refractivity contribution < 1.29 is 4.79 Å². The number of carbonyl (C=O) groups is 1. The third kappa shape index (κ3) is 2.90. The molecule has 1 N–H and O–H groups in total. The molecule has 0 radical (unpaired) electrons. The van der Waals surface area contributed by atoms with Crippen molar-refractivity contribution in [3.63, 3.8) is 0 Å². The monoisotopic (exact) mass is 311 g/mol.